The molecule has 0 aliphatic carbocycles. The highest BCUT2D eigenvalue weighted by molar-refractivity contribution is 9.09. The number of likely N-dealkylation sites (tertiary alicyclic amines) is 1. The quantitative estimate of drug-likeness (QED) is 0.162. The zero-order valence-corrected chi connectivity index (χ0v) is 25.9. The Morgan fingerprint density at radius 1 is 1.22 bits per heavy atom. The Morgan fingerprint density at radius 3 is 2.61 bits per heavy atom. The monoisotopic (exact) mass is 640 g/mol. The molecule has 2 aromatic rings. The molecule has 7 nitrogen and oxygen atoms in total. The highest BCUT2D eigenvalue weighted by Gasteiger charge is 2.76. The highest BCUT2D eigenvalue weighted by atomic mass is 79.9. The topological polar surface area (TPSA) is 87.1 Å². The summed E-state index contributed by atoms with van der Waals surface area (Å²) in [5.74, 6) is -2.41. The third-order valence-corrected chi connectivity index (χ3v) is 12.0. The molecule has 3 heterocycles. The molecule has 1 N–H and O–H groups in total. The molecule has 7 atom stereocenters. The number of hydrogen-bond donors (Lipinski definition) is 1. The van der Waals surface area contributed by atoms with Crippen LogP contribution in [0.2, 0.25) is 0 Å². The van der Waals surface area contributed by atoms with Gasteiger partial charge in [0.05, 0.1) is 35.8 Å². The van der Waals surface area contributed by atoms with Crippen LogP contribution in [0.1, 0.15) is 26.7 Å². The minimum atomic E-state index is -0.869. The van der Waals surface area contributed by atoms with Crippen molar-refractivity contribution in [3.05, 3.63) is 67.8 Å². The minimum absolute atomic E-state index is 0.0658. The summed E-state index contributed by atoms with van der Waals surface area (Å²) in [5, 5.41) is 12.4. The molecule has 3 fully saturated rings. The van der Waals surface area contributed by atoms with Crippen LogP contribution in [0.25, 0.3) is 10.8 Å². The SMILES string of the molecule is C=CCCOC(=O)[C@H]1[C@H]2C(=O)N([C@@H](CO)C(C)C)C(C(=O)N(CC=C)c3ccc4ccccc4c3)C23CC(Br)[C@@H]1S3. The zero-order valence-electron chi connectivity index (χ0n) is 23.4. The van der Waals surface area contributed by atoms with Crippen molar-refractivity contribution >= 4 is 61.9 Å². The van der Waals surface area contributed by atoms with E-state index in [1.807, 2.05) is 56.3 Å². The number of nitrogens with zero attached hydrogens (tertiary/aromatic N) is 2. The van der Waals surface area contributed by atoms with Gasteiger partial charge in [-0.05, 0) is 41.7 Å². The zero-order chi connectivity index (χ0) is 29.5. The number of rotatable bonds is 11. The van der Waals surface area contributed by atoms with Crippen molar-refractivity contribution in [3.63, 3.8) is 0 Å². The van der Waals surface area contributed by atoms with Gasteiger partial charge < -0.3 is 19.6 Å². The second-order valence-electron chi connectivity index (χ2n) is 11.4. The summed E-state index contributed by atoms with van der Waals surface area (Å²) in [6.45, 7) is 11.6. The molecule has 1 spiro atoms. The number of carbonyl (C=O) groups excluding carboxylic acids is 3. The Hall–Kier alpha value is -2.62. The fraction of sp³-hybridized carbons (Fsp3) is 0.469. The summed E-state index contributed by atoms with van der Waals surface area (Å²) < 4.78 is 4.77. The summed E-state index contributed by atoms with van der Waals surface area (Å²) in [6, 6.07) is 12.4. The Morgan fingerprint density at radius 2 is 1.95 bits per heavy atom. The first-order chi connectivity index (χ1) is 19.7. The van der Waals surface area contributed by atoms with Crippen LogP contribution in [-0.4, -0.2) is 74.5 Å². The lowest BCUT2D eigenvalue weighted by atomic mass is 9.71. The van der Waals surface area contributed by atoms with E-state index in [1.165, 1.54) is 0 Å². The van der Waals surface area contributed by atoms with Crippen LogP contribution in [0.5, 0.6) is 0 Å². The second-order valence-corrected chi connectivity index (χ2v) is 14.1. The van der Waals surface area contributed by atoms with Gasteiger partial charge in [0.25, 0.3) is 5.91 Å². The summed E-state index contributed by atoms with van der Waals surface area (Å²) in [4.78, 5) is 45.9. The molecule has 5 rings (SSSR count). The van der Waals surface area contributed by atoms with Crippen LogP contribution in [0.4, 0.5) is 5.69 Å². The molecule has 218 valence electrons. The molecular weight excluding hydrogens is 604 g/mol. The van der Waals surface area contributed by atoms with Crippen LogP contribution in [0.15, 0.2) is 67.8 Å². The number of amides is 2. The van der Waals surface area contributed by atoms with E-state index in [2.05, 4.69) is 29.1 Å². The Kier molecular flexibility index (Phi) is 8.69. The maximum atomic E-state index is 14.8. The van der Waals surface area contributed by atoms with Crippen LogP contribution in [-0.2, 0) is 19.1 Å². The molecule has 3 aliphatic rings. The van der Waals surface area contributed by atoms with Crippen molar-refractivity contribution in [1.29, 1.82) is 0 Å². The third-order valence-electron chi connectivity index (χ3n) is 8.74. The summed E-state index contributed by atoms with van der Waals surface area (Å²) in [5.41, 5.74) is 0.708. The highest BCUT2D eigenvalue weighted by Crippen LogP contribution is 2.68. The second kappa shape index (κ2) is 11.9. The van der Waals surface area contributed by atoms with Gasteiger partial charge >= 0.3 is 5.97 Å². The molecule has 41 heavy (non-hydrogen) atoms. The maximum absolute atomic E-state index is 14.8. The van der Waals surface area contributed by atoms with Gasteiger partial charge in [0.1, 0.15) is 6.04 Å². The Labute approximate surface area is 254 Å². The molecule has 0 aromatic heterocycles. The Bertz CT molecular complexity index is 1370. The normalized spacial score (nSPS) is 29.0. The number of thioether (sulfide) groups is 1. The molecule has 0 radical (unpaired) electrons. The lowest BCUT2D eigenvalue weighted by molar-refractivity contribution is -0.154. The van der Waals surface area contributed by atoms with Crippen molar-refractivity contribution in [2.24, 2.45) is 17.8 Å². The maximum Gasteiger partial charge on any atom is 0.310 e. The van der Waals surface area contributed by atoms with E-state index in [-0.39, 0.29) is 47.6 Å². The van der Waals surface area contributed by atoms with E-state index in [0.717, 1.165) is 10.8 Å². The van der Waals surface area contributed by atoms with Crippen LogP contribution in [0, 0.1) is 17.8 Å². The minimum Gasteiger partial charge on any atom is -0.465 e. The van der Waals surface area contributed by atoms with Gasteiger partial charge in [-0.2, -0.15) is 0 Å². The number of hydrogen-bond acceptors (Lipinski definition) is 6. The predicted molar refractivity (Wildman–Crippen MR) is 167 cm³/mol. The number of carbonyl (C=O) groups is 3. The van der Waals surface area contributed by atoms with Crippen LogP contribution in [0.3, 0.4) is 0 Å². The Balaban J connectivity index is 1.61. The van der Waals surface area contributed by atoms with Gasteiger partial charge in [-0.25, -0.2) is 0 Å². The molecule has 2 aromatic carbocycles. The molecule has 2 bridgehead atoms. The van der Waals surface area contributed by atoms with Crippen molar-refractivity contribution in [2.75, 3.05) is 24.7 Å². The molecule has 3 unspecified atom stereocenters. The van der Waals surface area contributed by atoms with Gasteiger partial charge in [-0.15, -0.1) is 24.9 Å². The first-order valence-electron chi connectivity index (χ1n) is 14.1. The van der Waals surface area contributed by atoms with Crippen molar-refractivity contribution in [3.8, 4) is 0 Å². The molecule has 0 saturated carbocycles. The van der Waals surface area contributed by atoms with Crippen LogP contribution >= 0.6 is 27.7 Å². The van der Waals surface area contributed by atoms with Crippen molar-refractivity contribution in [1.82, 2.24) is 4.90 Å². The molecule has 3 saturated heterocycles. The molecule has 2 amide bonds. The number of halogens is 1. The average Bonchev–Trinajstić information content (AvgIpc) is 3.55. The molecule has 3 aliphatic heterocycles. The fourth-order valence-corrected chi connectivity index (χ4v) is 10.5. The number of alkyl halides is 1. The predicted octanol–water partition coefficient (Wildman–Crippen LogP) is 4.96. The van der Waals surface area contributed by atoms with E-state index in [0.29, 0.717) is 18.5 Å². The number of anilines is 1. The first-order valence-corrected chi connectivity index (χ1v) is 15.9. The number of esters is 1. The molecule has 9 heteroatoms. The average molecular weight is 642 g/mol. The first kappa shape index (κ1) is 29.9. The van der Waals surface area contributed by atoms with E-state index in [4.69, 9.17) is 4.74 Å². The third kappa shape index (κ3) is 4.93. The molecular formula is C32H37BrN2O5S. The standard InChI is InChI=1S/C32H37BrN2O5S/c1-5-7-15-40-31(39)25-26-29(37)35(24(18-36)19(3)4)28(32(26)17-23(33)27(25)41-32)30(38)34(14-6-2)22-13-12-20-10-8-9-11-21(20)16-22/h5-6,8-13,16,19,23-28,36H,1-2,7,14-15,17-18H2,3-4H3/t23?,24-,25-,26-,27-,28?,32?/m0/s1. The van der Waals surface area contributed by atoms with Gasteiger partial charge in [0.15, 0.2) is 0 Å². The van der Waals surface area contributed by atoms with Gasteiger partial charge in [-0.3, -0.25) is 14.4 Å². The fourth-order valence-electron chi connectivity index (χ4n) is 6.88. The summed E-state index contributed by atoms with van der Waals surface area (Å²) >= 11 is 5.36. The van der Waals surface area contributed by atoms with Gasteiger partial charge in [0, 0.05) is 22.3 Å². The number of aliphatic hydroxyl groups excluding tert-OH is 1. The summed E-state index contributed by atoms with van der Waals surface area (Å²) in [7, 11) is 0. The number of ether oxygens (including phenoxy) is 1. The van der Waals surface area contributed by atoms with Gasteiger partial charge in [-0.1, -0.05) is 72.3 Å². The van der Waals surface area contributed by atoms with E-state index >= 15 is 0 Å². The largest absolute Gasteiger partial charge is 0.465 e. The summed E-state index contributed by atoms with van der Waals surface area (Å²) in [6.07, 6.45) is 4.44. The van der Waals surface area contributed by atoms with E-state index in [1.54, 1.807) is 33.7 Å². The van der Waals surface area contributed by atoms with Crippen molar-refractivity contribution < 1.29 is 24.2 Å². The van der Waals surface area contributed by atoms with Gasteiger partial charge in [0.2, 0.25) is 5.91 Å². The number of aliphatic hydroxyl groups is 1. The lowest BCUT2D eigenvalue weighted by Crippen LogP contribution is -2.59. The van der Waals surface area contributed by atoms with Crippen molar-refractivity contribution in [2.45, 2.75) is 53.6 Å². The number of fused-ring (bicyclic) bond motifs is 2. The van der Waals surface area contributed by atoms with E-state index < -0.39 is 34.6 Å². The smallest absolute Gasteiger partial charge is 0.310 e. The van der Waals surface area contributed by atoms with Crippen LogP contribution < -0.4 is 4.90 Å². The van der Waals surface area contributed by atoms with E-state index in [9.17, 15) is 19.5 Å². The lowest BCUT2D eigenvalue weighted by Gasteiger charge is -2.41. The number of benzene rings is 2.